The average Bonchev–Trinajstić information content (AvgIpc) is 2.92. The van der Waals surface area contributed by atoms with E-state index < -0.39 is 0 Å². The molecule has 0 spiro atoms. The zero-order valence-electron chi connectivity index (χ0n) is 16.2. The van der Waals surface area contributed by atoms with E-state index in [1.165, 1.54) is 6.20 Å². The largest absolute Gasteiger partial charge is 0.345 e. The first-order valence-corrected chi connectivity index (χ1v) is 9.62. The van der Waals surface area contributed by atoms with Crippen LogP contribution < -0.4 is 10.6 Å². The van der Waals surface area contributed by atoms with E-state index in [0.717, 1.165) is 44.2 Å². The Balaban J connectivity index is 1.47. The number of fused-ring (bicyclic) bond motifs is 2. The zero-order valence-corrected chi connectivity index (χ0v) is 16.2. The lowest BCUT2D eigenvalue weighted by atomic mass is 9.78. The van der Waals surface area contributed by atoms with Crippen LogP contribution in [-0.2, 0) is 0 Å². The molecule has 4 rings (SSSR count). The van der Waals surface area contributed by atoms with Crippen molar-refractivity contribution in [2.75, 3.05) is 0 Å². The van der Waals surface area contributed by atoms with Gasteiger partial charge in [-0.2, -0.15) is 0 Å². The summed E-state index contributed by atoms with van der Waals surface area (Å²) in [6.45, 7) is 3.60. The maximum absolute atomic E-state index is 12.7. The molecule has 8 nitrogen and oxygen atoms in total. The van der Waals surface area contributed by atoms with E-state index in [0.29, 0.717) is 17.2 Å². The maximum Gasteiger partial charge on any atom is 0.271 e. The molecule has 2 amide bonds. The van der Waals surface area contributed by atoms with Crippen molar-refractivity contribution >= 4 is 11.8 Å². The SMILES string of the molecule is Cc1cnc(C(=O)NC23CCCC(NC(=O)c4ccnc(C)n4)(CC2)C3)cn1. The molecule has 8 heteroatoms. The van der Waals surface area contributed by atoms with Crippen molar-refractivity contribution in [2.45, 2.75) is 63.5 Å². The van der Waals surface area contributed by atoms with E-state index in [4.69, 9.17) is 0 Å². The van der Waals surface area contributed by atoms with Gasteiger partial charge < -0.3 is 10.6 Å². The Morgan fingerprint density at radius 2 is 1.57 bits per heavy atom. The highest BCUT2D eigenvalue weighted by Crippen LogP contribution is 2.48. The molecule has 146 valence electrons. The van der Waals surface area contributed by atoms with Crippen molar-refractivity contribution in [3.05, 3.63) is 47.6 Å². The third-order valence-corrected chi connectivity index (χ3v) is 5.85. The molecule has 2 N–H and O–H groups in total. The molecular weight excluding hydrogens is 356 g/mol. The molecule has 2 aromatic rings. The Hall–Kier alpha value is -2.90. The summed E-state index contributed by atoms with van der Waals surface area (Å²) in [7, 11) is 0. The smallest absolute Gasteiger partial charge is 0.271 e. The molecule has 2 atom stereocenters. The number of amides is 2. The van der Waals surface area contributed by atoms with Gasteiger partial charge >= 0.3 is 0 Å². The minimum Gasteiger partial charge on any atom is -0.345 e. The van der Waals surface area contributed by atoms with Crippen LogP contribution in [-0.4, -0.2) is 42.8 Å². The summed E-state index contributed by atoms with van der Waals surface area (Å²) in [6.07, 6.45) is 9.85. The predicted octanol–water partition coefficient (Wildman–Crippen LogP) is 1.89. The first-order valence-electron chi connectivity index (χ1n) is 9.62. The second-order valence-electron chi connectivity index (χ2n) is 8.03. The van der Waals surface area contributed by atoms with E-state index >= 15 is 0 Å². The van der Waals surface area contributed by atoms with Crippen LogP contribution in [0.5, 0.6) is 0 Å². The van der Waals surface area contributed by atoms with Gasteiger partial charge in [-0.05, 0) is 58.4 Å². The van der Waals surface area contributed by atoms with E-state index in [2.05, 4.69) is 30.6 Å². The predicted molar refractivity (Wildman–Crippen MR) is 102 cm³/mol. The van der Waals surface area contributed by atoms with Crippen LogP contribution in [0.4, 0.5) is 0 Å². The fourth-order valence-electron chi connectivity index (χ4n) is 4.54. The molecule has 2 fully saturated rings. The number of hydrogen-bond donors (Lipinski definition) is 2. The van der Waals surface area contributed by atoms with Gasteiger partial charge in [-0.1, -0.05) is 0 Å². The van der Waals surface area contributed by atoms with Crippen molar-refractivity contribution in [3.8, 4) is 0 Å². The molecule has 2 aromatic heterocycles. The van der Waals surface area contributed by atoms with Gasteiger partial charge in [0.15, 0.2) is 0 Å². The topological polar surface area (TPSA) is 110 Å². The van der Waals surface area contributed by atoms with Gasteiger partial charge in [-0.15, -0.1) is 0 Å². The highest BCUT2D eigenvalue weighted by Gasteiger charge is 2.52. The molecule has 28 heavy (non-hydrogen) atoms. The summed E-state index contributed by atoms with van der Waals surface area (Å²) in [5.74, 6) is 0.183. The van der Waals surface area contributed by atoms with Gasteiger partial charge in [0.2, 0.25) is 0 Å². The number of aryl methyl sites for hydroxylation is 2. The lowest BCUT2D eigenvalue weighted by Gasteiger charge is -2.40. The summed E-state index contributed by atoms with van der Waals surface area (Å²) >= 11 is 0. The summed E-state index contributed by atoms with van der Waals surface area (Å²) in [5, 5.41) is 6.39. The van der Waals surface area contributed by atoms with Crippen LogP contribution in [0.2, 0.25) is 0 Å². The molecule has 2 heterocycles. The molecule has 0 saturated heterocycles. The van der Waals surface area contributed by atoms with Crippen LogP contribution in [0.1, 0.15) is 71.0 Å². The van der Waals surface area contributed by atoms with Crippen LogP contribution in [0.3, 0.4) is 0 Å². The standard InChI is InChI=1S/C20H24N6O2/c1-13-10-23-16(11-22-13)18(28)26-20-6-3-5-19(12-20,7-8-20)25-17(27)15-4-9-21-14(2)24-15/h4,9-11H,3,5-8,12H2,1-2H3,(H,25,27)(H,26,28). The Labute approximate surface area is 163 Å². The molecule has 2 unspecified atom stereocenters. The van der Waals surface area contributed by atoms with Crippen LogP contribution in [0.25, 0.3) is 0 Å². The highest BCUT2D eigenvalue weighted by molar-refractivity contribution is 5.93. The lowest BCUT2D eigenvalue weighted by molar-refractivity contribution is 0.0826. The molecule has 0 aromatic carbocycles. The van der Waals surface area contributed by atoms with Crippen molar-refractivity contribution in [1.29, 1.82) is 0 Å². The number of rotatable bonds is 4. The monoisotopic (exact) mass is 380 g/mol. The molecule has 2 aliphatic rings. The van der Waals surface area contributed by atoms with Crippen LogP contribution in [0, 0.1) is 13.8 Å². The van der Waals surface area contributed by atoms with Gasteiger partial charge in [-0.25, -0.2) is 15.0 Å². The van der Waals surface area contributed by atoms with Gasteiger partial charge in [0, 0.05) is 23.5 Å². The minimum absolute atomic E-state index is 0.182. The fourth-order valence-corrected chi connectivity index (χ4v) is 4.54. The normalized spacial score (nSPS) is 25.9. The Kier molecular flexibility index (Phi) is 4.56. The molecule has 2 saturated carbocycles. The van der Waals surface area contributed by atoms with Crippen molar-refractivity contribution in [3.63, 3.8) is 0 Å². The first kappa shape index (κ1) is 18.5. The second kappa shape index (κ2) is 6.92. The number of hydrogen-bond acceptors (Lipinski definition) is 6. The van der Waals surface area contributed by atoms with Crippen LogP contribution in [0.15, 0.2) is 24.7 Å². The molecule has 0 radical (unpaired) electrons. The Morgan fingerprint density at radius 1 is 0.893 bits per heavy atom. The number of nitrogens with zero attached hydrogens (tertiary/aromatic N) is 4. The molecule has 0 aliphatic heterocycles. The van der Waals surface area contributed by atoms with Gasteiger partial charge in [-0.3, -0.25) is 14.6 Å². The maximum atomic E-state index is 12.7. The van der Waals surface area contributed by atoms with E-state index in [1.54, 1.807) is 25.4 Å². The summed E-state index contributed by atoms with van der Waals surface area (Å²) < 4.78 is 0. The van der Waals surface area contributed by atoms with E-state index in [-0.39, 0.29) is 22.9 Å². The van der Waals surface area contributed by atoms with Crippen molar-refractivity contribution in [1.82, 2.24) is 30.6 Å². The Morgan fingerprint density at radius 3 is 2.18 bits per heavy atom. The van der Waals surface area contributed by atoms with Crippen molar-refractivity contribution in [2.24, 2.45) is 0 Å². The average molecular weight is 380 g/mol. The van der Waals surface area contributed by atoms with Crippen LogP contribution >= 0.6 is 0 Å². The van der Waals surface area contributed by atoms with Gasteiger partial charge in [0.05, 0.1) is 11.9 Å². The van der Waals surface area contributed by atoms with E-state index in [1.807, 2.05) is 6.92 Å². The number of carbonyl (C=O) groups is 2. The fraction of sp³-hybridized carbons (Fsp3) is 0.500. The van der Waals surface area contributed by atoms with Gasteiger partial charge in [0.25, 0.3) is 11.8 Å². The molecular formula is C20H24N6O2. The first-order chi connectivity index (χ1) is 13.4. The third-order valence-electron chi connectivity index (χ3n) is 5.85. The summed E-state index contributed by atoms with van der Waals surface area (Å²) in [4.78, 5) is 42.0. The number of nitrogens with one attached hydrogen (secondary N) is 2. The summed E-state index contributed by atoms with van der Waals surface area (Å²) in [5.41, 5.74) is 0.861. The van der Waals surface area contributed by atoms with E-state index in [9.17, 15) is 9.59 Å². The number of carbonyl (C=O) groups excluding carboxylic acids is 2. The molecule has 2 aliphatic carbocycles. The third kappa shape index (κ3) is 3.58. The second-order valence-corrected chi connectivity index (χ2v) is 8.03. The minimum atomic E-state index is -0.309. The Bertz CT molecular complexity index is 915. The summed E-state index contributed by atoms with van der Waals surface area (Å²) in [6, 6.07) is 1.63. The quantitative estimate of drug-likeness (QED) is 0.838. The van der Waals surface area contributed by atoms with Crippen molar-refractivity contribution < 1.29 is 9.59 Å². The zero-order chi connectivity index (χ0) is 19.8. The number of aromatic nitrogens is 4. The lowest BCUT2D eigenvalue weighted by Crippen LogP contribution is -2.55. The highest BCUT2D eigenvalue weighted by atomic mass is 16.2. The molecule has 2 bridgehead atoms. The van der Waals surface area contributed by atoms with Gasteiger partial charge in [0.1, 0.15) is 17.2 Å².